The van der Waals surface area contributed by atoms with E-state index in [1.165, 1.54) is 31.2 Å². The third-order valence-corrected chi connectivity index (χ3v) is 6.09. The van der Waals surface area contributed by atoms with Gasteiger partial charge in [0, 0.05) is 10.9 Å². The molecule has 0 atom stereocenters. The number of halogens is 1. The van der Waals surface area contributed by atoms with Gasteiger partial charge in [-0.2, -0.15) is 0 Å². The molecule has 0 radical (unpaired) electrons. The van der Waals surface area contributed by atoms with E-state index in [-0.39, 0.29) is 5.82 Å². The molecule has 1 nitrogen and oxygen atoms in total. The Kier molecular flexibility index (Phi) is 5.80. The van der Waals surface area contributed by atoms with Gasteiger partial charge in [0.15, 0.2) is 0 Å². The Hall–Kier alpha value is -2.87. The Morgan fingerprint density at radius 1 is 0.931 bits per heavy atom. The fraction of sp³-hybridized carbons (Fsp3) is 0.259. The maximum absolute atomic E-state index is 15.3. The first kappa shape index (κ1) is 19.4. The molecule has 2 heteroatoms. The van der Waals surface area contributed by atoms with Crippen molar-refractivity contribution in [3.63, 3.8) is 0 Å². The lowest BCUT2D eigenvalue weighted by molar-refractivity contribution is 0.363. The number of hydrogen-bond acceptors (Lipinski definition) is 1. The molecule has 148 valence electrons. The highest BCUT2D eigenvalue weighted by Crippen LogP contribution is 2.38. The standard InChI is InChI=1S/C27H27FO/c1-3-17-29-24-13-9-21(10-14-24)25-16-12-23-18-22(11-15-26(23)27(25)28)20-7-5-19(4-2)6-8-20/h3-4,9-16,18-20H,1-2,5-8,17H2/t19-,20-. The number of hydrogen-bond donors (Lipinski definition) is 0. The largest absolute Gasteiger partial charge is 0.490 e. The van der Waals surface area contributed by atoms with Crippen LogP contribution in [0.4, 0.5) is 4.39 Å². The van der Waals surface area contributed by atoms with Gasteiger partial charge in [-0.15, -0.1) is 6.58 Å². The fourth-order valence-electron chi connectivity index (χ4n) is 4.36. The zero-order chi connectivity index (χ0) is 20.2. The molecule has 0 bridgehead atoms. The van der Waals surface area contributed by atoms with Gasteiger partial charge in [-0.1, -0.05) is 61.2 Å². The summed E-state index contributed by atoms with van der Waals surface area (Å²) in [5.41, 5.74) is 2.80. The van der Waals surface area contributed by atoms with E-state index < -0.39 is 0 Å². The van der Waals surface area contributed by atoms with Crippen molar-refractivity contribution < 1.29 is 9.13 Å². The van der Waals surface area contributed by atoms with E-state index in [0.717, 1.165) is 16.7 Å². The van der Waals surface area contributed by atoms with Gasteiger partial charge in [-0.05, 0) is 66.2 Å². The van der Waals surface area contributed by atoms with E-state index >= 15 is 4.39 Å². The summed E-state index contributed by atoms with van der Waals surface area (Å²) in [4.78, 5) is 0. The molecule has 0 aromatic heterocycles. The Morgan fingerprint density at radius 2 is 1.69 bits per heavy atom. The molecule has 1 aliphatic rings. The Labute approximate surface area is 172 Å². The van der Waals surface area contributed by atoms with Crippen LogP contribution in [0.25, 0.3) is 21.9 Å². The first-order valence-electron chi connectivity index (χ1n) is 10.4. The summed E-state index contributed by atoms with van der Waals surface area (Å²) < 4.78 is 20.8. The molecule has 4 rings (SSSR count). The molecule has 0 spiro atoms. The predicted octanol–water partition coefficient (Wildman–Crippen LogP) is 7.67. The number of allylic oxidation sites excluding steroid dienone is 1. The van der Waals surface area contributed by atoms with Gasteiger partial charge in [-0.25, -0.2) is 4.39 Å². The van der Waals surface area contributed by atoms with Crippen molar-refractivity contribution in [2.75, 3.05) is 6.61 Å². The molecule has 1 fully saturated rings. The Bertz CT molecular complexity index is 1010. The summed E-state index contributed by atoms with van der Waals surface area (Å²) in [6.07, 6.45) is 8.56. The molecule has 3 aromatic carbocycles. The van der Waals surface area contributed by atoms with E-state index in [0.29, 0.717) is 29.4 Å². The summed E-state index contributed by atoms with van der Waals surface area (Å²) in [6, 6.07) is 17.7. The molecular formula is C27H27FO. The summed E-state index contributed by atoms with van der Waals surface area (Å²) in [5.74, 6) is 1.82. The molecule has 0 saturated heterocycles. The molecule has 0 N–H and O–H groups in total. The highest BCUT2D eigenvalue weighted by Gasteiger charge is 2.21. The first-order valence-corrected chi connectivity index (χ1v) is 10.4. The van der Waals surface area contributed by atoms with Crippen LogP contribution in [0.3, 0.4) is 0 Å². The molecule has 3 aromatic rings. The molecule has 0 heterocycles. The topological polar surface area (TPSA) is 9.23 Å². The summed E-state index contributed by atoms with van der Waals surface area (Å²) in [7, 11) is 0. The molecular weight excluding hydrogens is 359 g/mol. The number of benzene rings is 3. The van der Waals surface area contributed by atoms with E-state index in [4.69, 9.17) is 4.74 Å². The minimum Gasteiger partial charge on any atom is -0.490 e. The van der Waals surface area contributed by atoms with E-state index in [1.54, 1.807) is 6.08 Å². The van der Waals surface area contributed by atoms with Crippen LogP contribution in [0.1, 0.15) is 37.2 Å². The lowest BCUT2D eigenvalue weighted by Crippen LogP contribution is -2.11. The van der Waals surface area contributed by atoms with Gasteiger partial charge < -0.3 is 4.74 Å². The fourth-order valence-corrected chi connectivity index (χ4v) is 4.36. The van der Waals surface area contributed by atoms with E-state index in [2.05, 4.69) is 31.4 Å². The highest BCUT2D eigenvalue weighted by molar-refractivity contribution is 5.89. The lowest BCUT2D eigenvalue weighted by Gasteiger charge is -2.27. The summed E-state index contributed by atoms with van der Waals surface area (Å²) in [6.45, 7) is 8.04. The average molecular weight is 387 g/mol. The SMILES string of the molecule is C=CCOc1ccc(-c2ccc3cc([C@H]4CC[C@H](C=C)CC4)ccc3c2F)cc1. The van der Waals surface area contributed by atoms with Crippen molar-refractivity contribution in [2.45, 2.75) is 31.6 Å². The second-order valence-corrected chi connectivity index (χ2v) is 7.88. The van der Waals surface area contributed by atoms with Crippen LogP contribution in [0.15, 0.2) is 79.9 Å². The van der Waals surface area contributed by atoms with Gasteiger partial charge in [0.1, 0.15) is 18.2 Å². The van der Waals surface area contributed by atoms with Crippen LogP contribution in [-0.2, 0) is 0 Å². The highest BCUT2D eigenvalue weighted by atomic mass is 19.1. The third kappa shape index (κ3) is 4.12. The van der Waals surface area contributed by atoms with Crippen LogP contribution in [0.5, 0.6) is 5.75 Å². The maximum Gasteiger partial charge on any atom is 0.138 e. The lowest BCUT2D eigenvalue weighted by atomic mass is 9.78. The summed E-state index contributed by atoms with van der Waals surface area (Å²) >= 11 is 0. The molecule has 1 saturated carbocycles. The summed E-state index contributed by atoms with van der Waals surface area (Å²) in [5, 5.41) is 1.65. The molecule has 0 amide bonds. The molecule has 0 aliphatic heterocycles. The molecule has 0 unspecified atom stereocenters. The van der Waals surface area contributed by atoms with Crippen LogP contribution in [0, 0.1) is 11.7 Å². The second kappa shape index (κ2) is 8.65. The van der Waals surface area contributed by atoms with Gasteiger partial charge >= 0.3 is 0 Å². The minimum absolute atomic E-state index is 0.163. The van der Waals surface area contributed by atoms with Crippen LogP contribution in [0.2, 0.25) is 0 Å². The number of ether oxygens (including phenoxy) is 1. The molecule has 1 aliphatic carbocycles. The third-order valence-electron chi connectivity index (χ3n) is 6.09. The number of rotatable bonds is 6. The van der Waals surface area contributed by atoms with Crippen molar-refractivity contribution in [3.05, 3.63) is 91.3 Å². The van der Waals surface area contributed by atoms with E-state index in [9.17, 15) is 0 Å². The van der Waals surface area contributed by atoms with Crippen molar-refractivity contribution in [3.8, 4) is 16.9 Å². The van der Waals surface area contributed by atoms with Crippen LogP contribution < -0.4 is 4.74 Å². The Morgan fingerprint density at radius 3 is 2.38 bits per heavy atom. The maximum atomic E-state index is 15.3. The number of fused-ring (bicyclic) bond motifs is 1. The normalized spacial score (nSPS) is 19.1. The first-order chi connectivity index (χ1) is 14.2. The van der Waals surface area contributed by atoms with Crippen molar-refractivity contribution >= 4 is 10.8 Å². The molecule has 29 heavy (non-hydrogen) atoms. The minimum atomic E-state index is -0.163. The van der Waals surface area contributed by atoms with Gasteiger partial charge in [-0.3, -0.25) is 0 Å². The predicted molar refractivity (Wildman–Crippen MR) is 120 cm³/mol. The zero-order valence-corrected chi connectivity index (χ0v) is 16.7. The van der Waals surface area contributed by atoms with Crippen LogP contribution in [-0.4, -0.2) is 6.61 Å². The zero-order valence-electron chi connectivity index (χ0n) is 16.7. The van der Waals surface area contributed by atoms with Crippen molar-refractivity contribution in [2.24, 2.45) is 5.92 Å². The van der Waals surface area contributed by atoms with Crippen molar-refractivity contribution in [1.29, 1.82) is 0 Å². The monoisotopic (exact) mass is 386 g/mol. The Balaban J connectivity index is 1.59. The smallest absolute Gasteiger partial charge is 0.138 e. The quantitative estimate of drug-likeness (QED) is 0.395. The van der Waals surface area contributed by atoms with Gasteiger partial charge in [0.25, 0.3) is 0 Å². The van der Waals surface area contributed by atoms with Crippen molar-refractivity contribution in [1.82, 2.24) is 0 Å². The second-order valence-electron chi connectivity index (χ2n) is 7.88. The van der Waals surface area contributed by atoms with Gasteiger partial charge in [0.2, 0.25) is 0 Å². The van der Waals surface area contributed by atoms with Gasteiger partial charge in [0.05, 0.1) is 0 Å². The van der Waals surface area contributed by atoms with E-state index in [1.807, 2.05) is 42.5 Å². The average Bonchev–Trinajstić information content (AvgIpc) is 2.78. The van der Waals surface area contributed by atoms with Crippen LogP contribution >= 0.6 is 0 Å².